The molecule has 0 unspecified atom stereocenters. The molecule has 4 heteroatoms. The van der Waals surface area contributed by atoms with Crippen molar-refractivity contribution < 1.29 is 9.59 Å². The number of nitrogens with zero attached hydrogens (tertiary/aromatic N) is 1. The van der Waals surface area contributed by atoms with E-state index < -0.39 is 11.8 Å². The fourth-order valence-corrected chi connectivity index (χ4v) is 2.67. The van der Waals surface area contributed by atoms with Crippen LogP contribution in [0.4, 0.5) is 0 Å². The maximum Gasteiger partial charge on any atom is 0.312 e. The summed E-state index contributed by atoms with van der Waals surface area (Å²) in [6, 6.07) is 19.4. The highest BCUT2D eigenvalue weighted by molar-refractivity contribution is 6.35. The molecule has 0 radical (unpaired) electrons. The highest BCUT2D eigenvalue weighted by Gasteiger charge is 2.33. The van der Waals surface area contributed by atoms with Crippen LogP contribution in [0.15, 0.2) is 60.7 Å². The standard InChI is InChI=1S/C17H16N2O2/c20-16-17(21)19(12-11-18-16)15(13-7-3-1-4-8-13)14-9-5-2-6-10-14/h1-10,15H,11-12H2,(H,18,20). The quantitative estimate of drug-likeness (QED) is 0.871. The average molecular weight is 280 g/mol. The van der Waals surface area contributed by atoms with Gasteiger partial charge in [-0.25, -0.2) is 0 Å². The van der Waals surface area contributed by atoms with Crippen LogP contribution in [0.25, 0.3) is 0 Å². The van der Waals surface area contributed by atoms with Crippen molar-refractivity contribution in [3.05, 3.63) is 71.8 Å². The number of carbonyl (C=O) groups excluding carboxylic acids is 2. The molecule has 3 rings (SSSR count). The van der Waals surface area contributed by atoms with Gasteiger partial charge in [-0.2, -0.15) is 0 Å². The summed E-state index contributed by atoms with van der Waals surface area (Å²) in [6.07, 6.45) is 0. The van der Waals surface area contributed by atoms with Crippen LogP contribution in [0.2, 0.25) is 0 Å². The molecule has 1 aliphatic heterocycles. The van der Waals surface area contributed by atoms with Gasteiger partial charge in [-0.15, -0.1) is 0 Å². The van der Waals surface area contributed by atoms with E-state index in [-0.39, 0.29) is 6.04 Å². The van der Waals surface area contributed by atoms with Crippen LogP contribution in [0.3, 0.4) is 0 Å². The maximum absolute atomic E-state index is 12.2. The Kier molecular flexibility index (Phi) is 3.69. The van der Waals surface area contributed by atoms with E-state index in [1.165, 1.54) is 0 Å². The van der Waals surface area contributed by atoms with Gasteiger partial charge in [0.05, 0.1) is 6.04 Å². The molecule has 0 atom stereocenters. The molecular weight excluding hydrogens is 264 g/mol. The molecule has 4 nitrogen and oxygen atoms in total. The molecule has 106 valence electrons. The minimum atomic E-state index is -0.530. The Morgan fingerprint density at radius 1 is 0.857 bits per heavy atom. The number of amides is 2. The van der Waals surface area contributed by atoms with Crippen LogP contribution in [0, 0.1) is 0 Å². The van der Waals surface area contributed by atoms with Crippen LogP contribution < -0.4 is 5.32 Å². The van der Waals surface area contributed by atoms with E-state index in [4.69, 9.17) is 0 Å². The molecule has 1 fully saturated rings. The fraction of sp³-hybridized carbons (Fsp3) is 0.176. The summed E-state index contributed by atoms with van der Waals surface area (Å²) in [5.74, 6) is -1.00. The smallest absolute Gasteiger partial charge is 0.312 e. The van der Waals surface area contributed by atoms with Crippen molar-refractivity contribution in [2.24, 2.45) is 0 Å². The summed E-state index contributed by atoms with van der Waals surface area (Å²) in [5, 5.41) is 2.59. The Morgan fingerprint density at radius 2 is 1.38 bits per heavy atom. The van der Waals surface area contributed by atoms with Crippen molar-refractivity contribution >= 4 is 11.8 Å². The second-order valence-electron chi connectivity index (χ2n) is 4.98. The van der Waals surface area contributed by atoms with E-state index in [1.54, 1.807) is 4.90 Å². The number of hydrogen-bond acceptors (Lipinski definition) is 2. The third-order valence-electron chi connectivity index (χ3n) is 3.64. The lowest BCUT2D eigenvalue weighted by Gasteiger charge is -2.34. The number of carbonyl (C=O) groups is 2. The predicted octanol–water partition coefficient (Wildman–Crippen LogP) is 1.73. The van der Waals surface area contributed by atoms with Crippen molar-refractivity contribution in [3.8, 4) is 0 Å². The van der Waals surface area contributed by atoms with Crippen LogP contribution in [0.1, 0.15) is 17.2 Å². The summed E-state index contributed by atoms with van der Waals surface area (Å²) in [6.45, 7) is 1.000. The monoisotopic (exact) mass is 280 g/mol. The molecule has 1 N–H and O–H groups in total. The Labute approximate surface area is 123 Å². The molecule has 1 heterocycles. The highest BCUT2D eigenvalue weighted by Crippen LogP contribution is 2.29. The molecule has 0 aliphatic carbocycles. The van der Waals surface area contributed by atoms with Gasteiger partial charge in [0.25, 0.3) is 0 Å². The lowest BCUT2D eigenvalue weighted by molar-refractivity contribution is -0.149. The Hall–Kier alpha value is -2.62. The van der Waals surface area contributed by atoms with Gasteiger partial charge in [-0.3, -0.25) is 9.59 Å². The lowest BCUT2D eigenvalue weighted by atomic mass is 9.96. The minimum Gasteiger partial charge on any atom is -0.346 e. The van der Waals surface area contributed by atoms with Gasteiger partial charge >= 0.3 is 11.8 Å². The Balaban J connectivity index is 2.04. The van der Waals surface area contributed by atoms with E-state index in [9.17, 15) is 9.59 Å². The topological polar surface area (TPSA) is 49.4 Å². The normalized spacial score (nSPS) is 15.2. The summed E-state index contributed by atoms with van der Waals surface area (Å²) >= 11 is 0. The van der Waals surface area contributed by atoms with Gasteiger partial charge in [-0.05, 0) is 11.1 Å². The Morgan fingerprint density at radius 3 is 1.90 bits per heavy atom. The summed E-state index contributed by atoms with van der Waals surface area (Å²) < 4.78 is 0. The fourth-order valence-electron chi connectivity index (χ4n) is 2.67. The summed E-state index contributed by atoms with van der Waals surface area (Å²) in [4.78, 5) is 25.5. The lowest BCUT2D eigenvalue weighted by Crippen LogP contribution is -2.53. The van der Waals surface area contributed by atoms with Crippen molar-refractivity contribution in [2.45, 2.75) is 6.04 Å². The molecule has 2 aromatic carbocycles. The molecule has 1 aliphatic rings. The zero-order chi connectivity index (χ0) is 14.7. The van der Waals surface area contributed by atoms with E-state index in [0.717, 1.165) is 11.1 Å². The second kappa shape index (κ2) is 5.79. The predicted molar refractivity (Wildman–Crippen MR) is 79.4 cm³/mol. The SMILES string of the molecule is O=C1NCCN(C(c2ccccc2)c2ccccc2)C1=O. The molecule has 2 aromatic rings. The number of hydrogen-bond donors (Lipinski definition) is 1. The van der Waals surface area contributed by atoms with E-state index in [2.05, 4.69) is 5.32 Å². The number of piperazine rings is 1. The largest absolute Gasteiger partial charge is 0.346 e. The molecule has 0 aromatic heterocycles. The average Bonchev–Trinajstić information content (AvgIpc) is 2.54. The van der Waals surface area contributed by atoms with Gasteiger partial charge in [0.15, 0.2) is 0 Å². The summed E-state index contributed by atoms with van der Waals surface area (Å²) in [5.41, 5.74) is 2.01. The van der Waals surface area contributed by atoms with Crippen molar-refractivity contribution in [1.29, 1.82) is 0 Å². The number of rotatable bonds is 3. The zero-order valence-electron chi connectivity index (χ0n) is 11.5. The van der Waals surface area contributed by atoms with Crippen LogP contribution in [-0.2, 0) is 9.59 Å². The molecule has 21 heavy (non-hydrogen) atoms. The molecule has 0 saturated carbocycles. The first-order valence-electron chi connectivity index (χ1n) is 6.96. The van der Waals surface area contributed by atoms with Gasteiger partial charge < -0.3 is 10.2 Å². The first-order chi connectivity index (χ1) is 10.3. The van der Waals surface area contributed by atoms with Crippen LogP contribution >= 0.6 is 0 Å². The van der Waals surface area contributed by atoms with Crippen LogP contribution in [-0.4, -0.2) is 29.8 Å². The van der Waals surface area contributed by atoms with Gasteiger partial charge in [0.2, 0.25) is 0 Å². The van der Waals surface area contributed by atoms with E-state index in [1.807, 2.05) is 60.7 Å². The maximum atomic E-state index is 12.2. The second-order valence-corrected chi connectivity index (χ2v) is 4.98. The van der Waals surface area contributed by atoms with Gasteiger partial charge in [0, 0.05) is 13.1 Å². The summed E-state index contributed by atoms with van der Waals surface area (Å²) in [7, 11) is 0. The third-order valence-corrected chi connectivity index (χ3v) is 3.64. The molecule has 1 saturated heterocycles. The molecule has 0 bridgehead atoms. The first-order valence-corrected chi connectivity index (χ1v) is 6.96. The zero-order valence-corrected chi connectivity index (χ0v) is 11.5. The highest BCUT2D eigenvalue weighted by atomic mass is 16.2. The Bertz CT molecular complexity index is 601. The van der Waals surface area contributed by atoms with Crippen molar-refractivity contribution in [1.82, 2.24) is 10.2 Å². The third kappa shape index (κ3) is 2.65. The van der Waals surface area contributed by atoms with Gasteiger partial charge in [0.1, 0.15) is 0 Å². The van der Waals surface area contributed by atoms with Gasteiger partial charge in [-0.1, -0.05) is 60.7 Å². The number of nitrogens with one attached hydrogen (secondary N) is 1. The van der Waals surface area contributed by atoms with E-state index >= 15 is 0 Å². The molecule has 0 spiro atoms. The molecular formula is C17H16N2O2. The first kappa shape index (κ1) is 13.4. The van der Waals surface area contributed by atoms with Crippen LogP contribution in [0.5, 0.6) is 0 Å². The molecule has 2 amide bonds. The van der Waals surface area contributed by atoms with Crippen molar-refractivity contribution in [2.75, 3.05) is 13.1 Å². The minimum absolute atomic E-state index is 0.231. The van der Waals surface area contributed by atoms with Crippen molar-refractivity contribution in [3.63, 3.8) is 0 Å². The van der Waals surface area contributed by atoms with E-state index in [0.29, 0.717) is 13.1 Å². The number of benzene rings is 2.